The molecule has 0 atom stereocenters. The molecule has 0 saturated carbocycles. The predicted molar refractivity (Wildman–Crippen MR) is 52.3 cm³/mol. The van der Waals surface area contributed by atoms with E-state index in [4.69, 9.17) is 21.4 Å². The van der Waals surface area contributed by atoms with Crippen molar-refractivity contribution in [3.63, 3.8) is 0 Å². The highest BCUT2D eigenvalue weighted by atomic mass is 79.9. The summed E-state index contributed by atoms with van der Waals surface area (Å²) in [6.45, 7) is -0.388. The van der Waals surface area contributed by atoms with Crippen LogP contribution in [-0.2, 0) is 4.79 Å². The standard InChI is InChI=1S/C8H6BrClO3/c9-5-1-2-7(6(10)3-5)13-4-8(11)12/h1-3H,4H2,(H,11,12). The normalized spacial score (nSPS) is 9.69. The van der Waals surface area contributed by atoms with Gasteiger partial charge in [0.2, 0.25) is 0 Å². The van der Waals surface area contributed by atoms with Gasteiger partial charge >= 0.3 is 5.97 Å². The minimum atomic E-state index is -1.03. The Bertz CT molecular complexity index is 327. The minimum Gasteiger partial charge on any atom is -0.480 e. The average Bonchev–Trinajstić information content (AvgIpc) is 2.02. The Labute approximate surface area is 88.4 Å². The molecule has 0 aromatic heterocycles. The van der Waals surface area contributed by atoms with E-state index >= 15 is 0 Å². The van der Waals surface area contributed by atoms with E-state index in [2.05, 4.69) is 15.9 Å². The van der Waals surface area contributed by atoms with Gasteiger partial charge in [0.25, 0.3) is 0 Å². The molecule has 0 unspecified atom stereocenters. The quantitative estimate of drug-likeness (QED) is 0.913. The summed E-state index contributed by atoms with van der Waals surface area (Å²) in [7, 11) is 0. The van der Waals surface area contributed by atoms with Gasteiger partial charge in [-0.25, -0.2) is 4.79 Å². The molecule has 0 heterocycles. The summed E-state index contributed by atoms with van der Waals surface area (Å²) in [5.41, 5.74) is 0. The highest BCUT2D eigenvalue weighted by Crippen LogP contribution is 2.27. The summed E-state index contributed by atoms with van der Waals surface area (Å²) in [6.07, 6.45) is 0. The highest BCUT2D eigenvalue weighted by Gasteiger charge is 2.03. The van der Waals surface area contributed by atoms with Crippen molar-refractivity contribution in [1.29, 1.82) is 0 Å². The summed E-state index contributed by atoms with van der Waals surface area (Å²) < 4.78 is 5.72. The van der Waals surface area contributed by atoms with Gasteiger partial charge in [-0.05, 0) is 18.2 Å². The largest absolute Gasteiger partial charge is 0.480 e. The van der Waals surface area contributed by atoms with Crippen LogP contribution in [0.2, 0.25) is 5.02 Å². The van der Waals surface area contributed by atoms with Crippen molar-refractivity contribution in [2.45, 2.75) is 0 Å². The van der Waals surface area contributed by atoms with E-state index in [1.807, 2.05) is 0 Å². The zero-order valence-corrected chi connectivity index (χ0v) is 8.80. The Kier molecular flexibility index (Phi) is 3.57. The monoisotopic (exact) mass is 264 g/mol. The molecular formula is C8H6BrClO3. The number of ether oxygens (including phenoxy) is 1. The molecule has 13 heavy (non-hydrogen) atoms. The van der Waals surface area contributed by atoms with Crippen LogP contribution in [0.15, 0.2) is 22.7 Å². The van der Waals surface area contributed by atoms with Crippen LogP contribution in [0.5, 0.6) is 5.75 Å². The van der Waals surface area contributed by atoms with Crippen molar-refractivity contribution < 1.29 is 14.6 Å². The summed E-state index contributed by atoms with van der Waals surface area (Å²) in [4.78, 5) is 10.2. The molecular weight excluding hydrogens is 259 g/mol. The maximum Gasteiger partial charge on any atom is 0.341 e. The zero-order chi connectivity index (χ0) is 9.84. The van der Waals surface area contributed by atoms with Crippen molar-refractivity contribution >= 4 is 33.5 Å². The second kappa shape index (κ2) is 4.48. The fourth-order valence-electron chi connectivity index (χ4n) is 0.732. The van der Waals surface area contributed by atoms with Crippen molar-refractivity contribution in [2.75, 3.05) is 6.61 Å². The van der Waals surface area contributed by atoms with Gasteiger partial charge in [-0.2, -0.15) is 0 Å². The first kappa shape index (κ1) is 10.3. The lowest BCUT2D eigenvalue weighted by atomic mass is 10.3. The summed E-state index contributed by atoms with van der Waals surface area (Å²) in [6, 6.07) is 4.97. The van der Waals surface area contributed by atoms with E-state index < -0.39 is 5.97 Å². The molecule has 0 fully saturated rings. The Morgan fingerprint density at radius 3 is 2.85 bits per heavy atom. The number of halogens is 2. The SMILES string of the molecule is O=C(O)COc1ccc(Br)cc1Cl. The first-order chi connectivity index (χ1) is 6.09. The highest BCUT2D eigenvalue weighted by molar-refractivity contribution is 9.10. The van der Waals surface area contributed by atoms with Crippen molar-refractivity contribution in [3.8, 4) is 5.75 Å². The molecule has 1 rings (SSSR count). The third-order valence-corrected chi connectivity index (χ3v) is 2.03. The Balaban J connectivity index is 2.72. The van der Waals surface area contributed by atoms with Crippen LogP contribution in [-0.4, -0.2) is 17.7 Å². The van der Waals surface area contributed by atoms with Crippen molar-refractivity contribution in [3.05, 3.63) is 27.7 Å². The van der Waals surface area contributed by atoms with Crippen LogP contribution >= 0.6 is 27.5 Å². The number of hydrogen-bond donors (Lipinski definition) is 1. The van der Waals surface area contributed by atoms with Gasteiger partial charge < -0.3 is 9.84 Å². The maximum atomic E-state index is 10.2. The van der Waals surface area contributed by atoms with E-state index in [0.717, 1.165) is 4.47 Å². The Hall–Kier alpha value is -0.740. The van der Waals surface area contributed by atoms with Gasteiger partial charge in [0.05, 0.1) is 5.02 Å². The molecule has 0 amide bonds. The molecule has 1 aromatic carbocycles. The molecule has 0 aliphatic rings. The molecule has 0 aliphatic carbocycles. The van der Waals surface area contributed by atoms with E-state index in [1.165, 1.54) is 0 Å². The summed E-state index contributed by atoms with van der Waals surface area (Å²) in [5, 5.41) is 8.73. The lowest BCUT2D eigenvalue weighted by Crippen LogP contribution is -2.09. The minimum absolute atomic E-state index is 0.368. The third kappa shape index (κ3) is 3.24. The molecule has 0 spiro atoms. The molecule has 0 bridgehead atoms. The van der Waals surface area contributed by atoms with E-state index in [9.17, 15) is 4.79 Å². The zero-order valence-electron chi connectivity index (χ0n) is 6.46. The van der Waals surface area contributed by atoms with E-state index in [-0.39, 0.29) is 6.61 Å². The number of benzene rings is 1. The lowest BCUT2D eigenvalue weighted by molar-refractivity contribution is -0.139. The number of hydrogen-bond acceptors (Lipinski definition) is 2. The van der Waals surface area contributed by atoms with E-state index in [1.54, 1.807) is 18.2 Å². The number of aliphatic carboxylic acids is 1. The fourth-order valence-corrected chi connectivity index (χ4v) is 1.46. The van der Waals surface area contributed by atoms with Gasteiger partial charge in [-0.15, -0.1) is 0 Å². The van der Waals surface area contributed by atoms with Gasteiger partial charge in [-0.3, -0.25) is 0 Å². The first-order valence-corrected chi connectivity index (χ1v) is 4.56. The van der Waals surface area contributed by atoms with Gasteiger partial charge in [-0.1, -0.05) is 27.5 Å². The molecule has 0 saturated heterocycles. The number of carbonyl (C=O) groups is 1. The predicted octanol–water partition coefficient (Wildman–Crippen LogP) is 2.57. The number of rotatable bonds is 3. The second-order valence-corrected chi connectivity index (χ2v) is 3.58. The maximum absolute atomic E-state index is 10.2. The smallest absolute Gasteiger partial charge is 0.341 e. The van der Waals surface area contributed by atoms with Crippen molar-refractivity contribution in [1.82, 2.24) is 0 Å². The van der Waals surface area contributed by atoms with Gasteiger partial charge in [0.1, 0.15) is 5.75 Å². The molecule has 3 nitrogen and oxygen atoms in total. The van der Waals surface area contributed by atoms with Crippen LogP contribution < -0.4 is 4.74 Å². The fraction of sp³-hybridized carbons (Fsp3) is 0.125. The molecule has 0 aliphatic heterocycles. The topological polar surface area (TPSA) is 46.5 Å². The van der Waals surface area contributed by atoms with Gasteiger partial charge in [0, 0.05) is 4.47 Å². The Morgan fingerprint density at radius 1 is 1.62 bits per heavy atom. The van der Waals surface area contributed by atoms with Crippen molar-refractivity contribution in [2.24, 2.45) is 0 Å². The number of carboxylic acid groups (broad SMARTS) is 1. The molecule has 1 N–H and O–H groups in total. The summed E-state index contributed by atoms with van der Waals surface area (Å²) in [5.74, 6) is -0.661. The third-order valence-electron chi connectivity index (χ3n) is 1.25. The number of carboxylic acids is 1. The summed E-state index contributed by atoms with van der Waals surface area (Å²) >= 11 is 8.99. The van der Waals surface area contributed by atoms with Crippen LogP contribution in [0.1, 0.15) is 0 Å². The van der Waals surface area contributed by atoms with Crippen LogP contribution in [0, 0.1) is 0 Å². The van der Waals surface area contributed by atoms with Gasteiger partial charge in [0.15, 0.2) is 6.61 Å². The molecule has 70 valence electrons. The first-order valence-electron chi connectivity index (χ1n) is 3.39. The van der Waals surface area contributed by atoms with E-state index in [0.29, 0.717) is 10.8 Å². The van der Waals surface area contributed by atoms with Crippen LogP contribution in [0.4, 0.5) is 0 Å². The average molecular weight is 265 g/mol. The Morgan fingerprint density at radius 2 is 2.31 bits per heavy atom. The van der Waals surface area contributed by atoms with Crippen LogP contribution in [0.3, 0.4) is 0 Å². The molecule has 5 heteroatoms. The molecule has 0 radical (unpaired) electrons. The lowest BCUT2D eigenvalue weighted by Gasteiger charge is -2.04. The van der Waals surface area contributed by atoms with Crippen LogP contribution in [0.25, 0.3) is 0 Å². The second-order valence-electron chi connectivity index (χ2n) is 2.26. The molecule has 1 aromatic rings.